The maximum Gasteiger partial charge on any atom is 1.00 e. The zero-order valence-electron chi connectivity index (χ0n) is 23.7. The fourth-order valence-corrected chi connectivity index (χ4v) is 5.62. The fourth-order valence-electron chi connectivity index (χ4n) is 3.70. The molecule has 0 fully saturated rings. The van der Waals surface area contributed by atoms with Crippen LogP contribution in [0.2, 0.25) is 0 Å². The minimum Gasteiger partial charge on any atom is -0.862 e. The van der Waals surface area contributed by atoms with Gasteiger partial charge in [-0.2, -0.15) is 16.8 Å². The summed E-state index contributed by atoms with van der Waals surface area (Å²) in [6.07, 6.45) is 6.49. The molecule has 0 aromatic carbocycles. The molecule has 0 spiro atoms. The van der Waals surface area contributed by atoms with Crippen molar-refractivity contribution >= 4 is 32.0 Å². The number of hydrogen-bond donors (Lipinski definition) is 2. The molecule has 0 bridgehead atoms. The molecular weight excluding hydrogens is 544 g/mol. The molecule has 2 N–H and O–H groups in total. The molecule has 0 saturated carbocycles. The Morgan fingerprint density at radius 3 is 1.41 bits per heavy atom. The van der Waals surface area contributed by atoms with Crippen LogP contribution >= 0.6 is 0 Å². The van der Waals surface area contributed by atoms with Gasteiger partial charge in [-0.3, -0.25) is 19.1 Å². The Labute approximate surface area is 268 Å². The Bertz CT molecular complexity index is 843. The first-order chi connectivity index (χ1) is 15.8. The van der Waals surface area contributed by atoms with Gasteiger partial charge in [0.25, 0.3) is 20.2 Å². The molecule has 0 heterocycles. The molecule has 0 aliphatic rings. The number of unbranched alkanes of at least 4 members (excludes halogenated alkanes) is 5. The van der Waals surface area contributed by atoms with Crippen LogP contribution in [0, 0.1) is 0 Å². The molecule has 11 nitrogen and oxygen atoms in total. The van der Waals surface area contributed by atoms with Gasteiger partial charge in [-0.05, 0) is 65.3 Å². The molecule has 0 atom stereocenters. The standard InChI is InChI=1S/C22H45N3O8S2.2Na/c1-6-7-8-9-10-11-14-25(15-12-19(26)23-21(2,3)17-34(28,29)30)16-13-20(27)24-22(4,5)18-35(31,32)33;;/h6-18H2,1-5H3,(H,23,26)(H,24,27)(H,28,29,30)(H,31,32,33);;/q;2*+1/p-2. The third-order valence-electron chi connectivity index (χ3n) is 5.04. The van der Waals surface area contributed by atoms with E-state index in [2.05, 4.69) is 16.9 Å². The zero-order chi connectivity index (χ0) is 27.3. The van der Waals surface area contributed by atoms with Crippen molar-refractivity contribution in [3.05, 3.63) is 0 Å². The van der Waals surface area contributed by atoms with Crippen molar-refractivity contribution in [1.82, 2.24) is 4.90 Å². The molecule has 0 aliphatic heterocycles. The molecular formula is C22H43N3Na2O8S2. The van der Waals surface area contributed by atoms with Gasteiger partial charge in [-0.1, -0.05) is 39.0 Å². The van der Waals surface area contributed by atoms with E-state index in [9.17, 15) is 27.0 Å². The summed E-state index contributed by atoms with van der Waals surface area (Å²) in [5.41, 5.74) is -2.52. The van der Waals surface area contributed by atoms with Crippen LogP contribution in [0.1, 0.15) is 86.0 Å². The van der Waals surface area contributed by atoms with Gasteiger partial charge in [0.05, 0.1) is 22.6 Å². The Morgan fingerprint density at radius 1 is 0.703 bits per heavy atom. The second-order valence-electron chi connectivity index (χ2n) is 10.2. The first kappa shape index (κ1) is 42.2. The van der Waals surface area contributed by atoms with Crippen molar-refractivity contribution in [3.8, 4) is 0 Å². The van der Waals surface area contributed by atoms with Crippen LogP contribution in [-0.4, -0.2) is 84.9 Å². The predicted octanol–water partition coefficient (Wildman–Crippen LogP) is -4.71. The molecule has 0 radical (unpaired) electrons. The van der Waals surface area contributed by atoms with Crippen molar-refractivity contribution in [2.75, 3.05) is 31.1 Å². The summed E-state index contributed by atoms with van der Waals surface area (Å²) in [7, 11) is -8.57. The van der Waals surface area contributed by atoms with E-state index in [4.69, 9.17) is 9.11 Å². The minimum absolute atomic E-state index is 0. The summed E-state index contributed by atoms with van der Waals surface area (Å²) >= 11 is 0. The van der Waals surface area contributed by atoms with E-state index in [-0.39, 0.29) is 72.0 Å². The van der Waals surface area contributed by atoms with Crippen LogP contribution < -0.4 is 69.3 Å². The molecule has 0 aromatic rings. The van der Waals surface area contributed by atoms with Crippen molar-refractivity contribution in [1.29, 1.82) is 0 Å². The molecule has 208 valence electrons. The number of aliphatic imine (C=N–C) groups is 2. The van der Waals surface area contributed by atoms with Crippen molar-refractivity contribution in [2.24, 2.45) is 9.98 Å². The van der Waals surface area contributed by atoms with Gasteiger partial charge in [0.15, 0.2) is 0 Å². The van der Waals surface area contributed by atoms with Crippen molar-refractivity contribution < 1.29 is 95.3 Å². The topological polar surface area (TPSA) is 183 Å². The van der Waals surface area contributed by atoms with E-state index in [1.807, 2.05) is 4.90 Å². The minimum atomic E-state index is -4.28. The quantitative estimate of drug-likeness (QED) is 0.0493. The summed E-state index contributed by atoms with van der Waals surface area (Å²) in [6, 6.07) is 0. The number of rotatable bonds is 19. The summed E-state index contributed by atoms with van der Waals surface area (Å²) in [6.45, 7) is 9.18. The molecule has 0 unspecified atom stereocenters. The summed E-state index contributed by atoms with van der Waals surface area (Å²) in [5, 5.41) is 24.6. The summed E-state index contributed by atoms with van der Waals surface area (Å²) < 4.78 is 62.5. The van der Waals surface area contributed by atoms with Gasteiger partial charge in [0, 0.05) is 13.1 Å². The number of nitrogens with zero attached hydrogens (tertiary/aromatic N) is 3. The molecule has 15 heteroatoms. The monoisotopic (exact) mass is 587 g/mol. The van der Waals surface area contributed by atoms with Gasteiger partial charge in [0.1, 0.15) is 0 Å². The van der Waals surface area contributed by atoms with Gasteiger partial charge in [-0.15, -0.1) is 0 Å². The average Bonchev–Trinajstić information content (AvgIpc) is 2.60. The molecule has 0 rings (SSSR count). The molecule has 0 saturated heterocycles. The first-order valence-electron chi connectivity index (χ1n) is 12.0. The summed E-state index contributed by atoms with van der Waals surface area (Å²) in [4.78, 5) is 9.74. The Hall–Kier alpha value is 0.720. The van der Waals surface area contributed by atoms with Crippen LogP contribution in [0.15, 0.2) is 9.98 Å². The van der Waals surface area contributed by atoms with Crippen LogP contribution in [-0.2, 0) is 20.2 Å². The SMILES string of the molecule is CCCCCCCCN(CCC([O-])=NC(C)(C)CS(=O)(=O)O)CCC([O-])=NC(C)(C)CS(=O)(=O)O.[Na+].[Na+]. The molecule has 0 aliphatic carbocycles. The largest absolute Gasteiger partial charge is 1.00 e. The van der Waals surface area contributed by atoms with E-state index >= 15 is 0 Å². The molecule has 0 aromatic heterocycles. The second kappa shape index (κ2) is 19.7. The molecule has 37 heavy (non-hydrogen) atoms. The van der Waals surface area contributed by atoms with Gasteiger partial charge in [-0.25, -0.2) is 0 Å². The maximum absolute atomic E-state index is 12.3. The van der Waals surface area contributed by atoms with E-state index in [1.54, 1.807) is 0 Å². The van der Waals surface area contributed by atoms with Crippen molar-refractivity contribution in [3.63, 3.8) is 0 Å². The smallest absolute Gasteiger partial charge is 0.862 e. The number of hydrogen-bond acceptors (Lipinski definition) is 9. The first-order valence-corrected chi connectivity index (χ1v) is 15.2. The van der Waals surface area contributed by atoms with Crippen LogP contribution in [0.4, 0.5) is 0 Å². The van der Waals surface area contributed by atoms with Crippen LogP contribution in [0.3, 0.4) is 0 Å². The van der Waals surface area contributed by atoms with Gasteiger partial charge >= 0.3 is 59.1 Å². The predicted molar refractivity (Wildman–Crippen MR) is 135 cm³/mol. The maximum atomic E-state index is 12.3. The van der Waals surface area contributed by atoms with Crippen LogP contribution in [0.5, 0.6) is 0 Å². The van der Waals surface area contributed by atoms with E-state index in [0.29, 0.717) is 19.6 Å². The Balaban J connectivity index is -0.00000578. The normalized spacial score (nSPS) is 13.8. The van der Waals surface area contributed by atoms with Gasteiger partial charge in [0.2, 0.25) is 0 Å². The van der Waals surface area contributed by atoms with E-state index < -0.39 is 54.6 Å². The second-order valence-corrected chi connectivity index (χ2v) is 13.1. The van der Waals surface area contributed by atoms with E-state index in [0.717, 1.165) is 32.1 Å². The summed E-state index contributed by atoms with van der Waals surface area (Å²) in [5.74, 6) is -2.33. The molecule has 0 amide bonds. The van der Waals surface area contributed by atoms with E-state index in [1.165, 1.54) is 34.1 Å². The zero-order valence-corrected chi connectivity index (χ0v) is 29.3. The Morgan fingerprint density at radius 2 is 1.05 bits per heavy atom. The van der Waals surface area contributed by atoms with Crippen LogP contribution in [0.25, 0.3) is 0 Å². The fraction of sp³-hybridized carbons (Fsp3) is 0.909. The Kier molecular flexibility index (Phi) is 22.5. The average molecular weight is 588 g/mol. The van der Waals surface area contributed by atoms with Gasteiger partial charge < -0.3 is 15.1 Å². The third-order valence-corrected chi connectivity index (χ3v) is 7.18. The third kappa shape index (κ3) is 26.7. The van der Waals surface area contributed by atoms with Crippen molar-refractivity contribution in [2.45, 2.75) is 97.1 Å².